The summed E-state index contributed by atoms with van der Waals surface area (Å²) in [6.45, 7) is 0.777. The van der Waals surface area contributed by atoms with Crippen LogP contribution in [0.15, 0.2) is 60.7 Å². The molecule has 2 aromatic carbocycles. The van der Waals surface area contributed by atoms with E-state index in [-0.39, 0.29) is 29.5 Å². The molecule has 2 aromatic rings. The van der Waals surface area contributed by atoms with Crippen LogP contribution in [-0.4, -0.2) is 58.9 Å². The molecule has 2 fully saturated rings. The number of nitrogens with one attached hydrogen (secondary N) is 2. The smallest absolute Gasteiger partial charge is 0.408 e. The maximum atomic E-state index is 14.1. The molecule has 8 heteroatoms. The van der Waals surface area contributed by atoms with Gasteiger partial charge in [-0.2, -0.15) is 0 Å². The molecule has 1 aliphatic carbocycles. The number of likely N-dealkylation sites (tertiary alicyclic amines) is 1. The van der Waals surface area contributed by atoms with Gasteiger partial charge in [-0.3, -0.25) is 4.79 Å². The Balaban J connectivity index is 1.50. The van der Waals surface area contributed by atoms with Crippen LogP contribution in [0, 0.1) is 0 Å². The fourth-order valence-corrected chi connectivity index (χ4v) is 5.50. The Kier molecular flexibility index (Phi) is 9.30. The highest BCUT2D eigenvalue weighted by Crippen LogP contribution is 2.27. The molecule has 3 N–H and O–H groups in total. The fraction of sp³-hybridized carbons (Fsp3) is 0.483. The molecule has 1 saturated heterocycles. The zero-order valence-corrected chi connectivity index (χ0v) is 21.3. The third kappa shape index (κ3) is 6.96. The molecule has 4 rings (SSSR count). The molecule has 2 aliphatic rings. The number of amides is 3. The van der Waals surface area contributed by atoms with E-state index in [0.29, 0.717) is 13.1 Å². The minimum absolute atomic E-state index is 0.0276. The Hall–Kier alpha value is -3.23. The molecule has 2 atom stereocenters. The minimum atomic E-state index is -1.52. The van der Waals surface area contributed by atoms with Gasteiger partial charge in [-0.25, -0.2) is 14.1 Å². The molecule has 2 unspecified atom stereocenters. The van der Waals surface area contributed by atoms with Crippen molar-refractivity contribution in [2.75, 3.05) is 13.1 Å². The highest BCUT2D eigenvalue weighted by atomic mass is 16.5. The van der Waals surface area contributed by atoms with Gasteiger partial charge in [-0.05, 0) is 24.0 Å². The lowest BCUT2D eigenvalue weighted by molar-refractivity contribution is -0.881. The molecule has 1 saturated carbocycles. The SMILES string of the molecule is O=C(NC(Cc1ccccc1)C(=O)[N+]1(C(O)C(=O)NC2CCCCC2)CCCC1)OCc1ccccc1. The van der Waals surface area contributed by atoms with Gasteiger partial charge < -0.3 is 20.5 Å². The summed E-state index contributed by atoms with van der Waals surface area (Å²) >= 11 is 0. The number of carbonyl (C=O) groups excluding carboxylic acids is 3. The fourth-order valence-electron chi connectivity index (χ4n) is 5.50. The first-order valence-corrected chi connectivity index (χ1v) is 13.4. The summed E-state index contributed by atoms with van der Waals surface area (Å²) in [7, 11) is 0. The number of benzene rings is 2. The second-order valence-electron chi connectivity index (χ2n) is 10.2. The number of carbonyl (C=O) groups is 3. The van der Waals surface area contributed by atoms with E-state index in [1.54, 1.807) is 0 Å². The lowest BCUT2D eigenvalue weighted by Crippen LogP contribution is -2.67. The van der Waals surface area contributed by atoms with Crippen molar-refractivity contribution in [3.05, 3.63) is 71.8 Å². The standard InChI is InChI=1S/C29H37N3O5/c33-26(30-24-16-8-3-9-17-24)28(35)32(18-10-11-19-32)27(34)25(20-22-12-4-1-5-13-22)31-29(36)37-21-23-14-6-2-7-15-23/h1-2,4-7,12-15,24-25,28,35H,3,8-11,16-21H2,(H-,30,31,33,36)/p+1. The van der Waals surface area contributed by atoms with E-state index in [0.717, 1.165) is 56.1 Å². The van der Waals surface area contributed by atoms with Crippen molar-refractivity contribution in [2.45, 2.75) is 76.3 Å². The van der Waals surface area contributed by atoms with Crippen LogP contribution in [0.2, 0.25) is 0 Å². The topological polar surface area (TPSA) is 105 Å². The summed E-state index contributed by atoms with van der Waals surface area (Å²) in [5.41, 5.74) is 1.70. The minimum Gasteiger partial charge on any atom is -0.445 e. The highest BCUT2D eigenvalue weighted by molar-refractivity contribution is 5.86. The van der Waals surface area contributed by atoms with E-state index in [1.165, 1.54) is 0 Å². The van der Waals surface area contributed by atoms with E-state index >= 15 is 0 Å². The molecule has 3 amide bonds. The van der Waals surface area contributed by atoms with Crippen LogP contribution in [-0.2, 0) is 27.4 Å². The van der Waals surface area contributed by atoms with Crippen LogP contribution in [0.5, 0.6) is 0 Å². The van der Waals surface area contributed by atoms with Crippen molar-refractivity contribution in [3.63, 3.8) is 0 Å². The Bertz CT molecular complexity index is 1030. The molecular weight excluding hydrogens is 470 g/mol. The van der Waals surface area contributed by atoms with Crippen LogP contribution in [0.25, 0.3) is 0 Å². The van der Waals surface area contributed by atoms with E-state index in [1.807, 2.05) is 60.7 Å². The normalized spacial score (nSPS) is 18.9. The number of ether oxygens (including phenoxy) is 1. The van der Waals surface area contributed by atoms with Gasteiger partial charge in [-0.1, -0.05) is 79.9 Å². The maximum absolute atomic E-state index is 14.1. The third-order valence-electron chi connectivity index (χ3n) is 7.54. The van der Waals surface area contributed by atoms with Crippen molar-refractivity contribution in [2.24, 2.45) is 0 Å². The lowest BCUT2D eigenvalue weighted by Gasteiger charge is -2.38. The molecule has 198 valence electrons. The first-order valence-electron chi connectivity index (χ1n) is 13.4. The Morgan fingerprint density at radius 1 is 0.865 bits per heavy atom. The average molecular weight is 509 g/mol. The van der Waals surface area contributed by atoms with Gasteiger partial charge in [0.15, 0.2) is 6.04 Å². The first kappa shape index (κ1) is 26.8. The number of aliphatic hydroxyl groups excluding tert-OH is 1. The van der Waals surface area contributed by atoms with Crippen molar-refractivity contribution in [1.29, 1.82) is 0 Å². The number of quaternary nitrogens is 1. The molecule has 37 heavy (non-hydrogen) atoms. The van der Waals surface area contributed by atoms with Gasteiger partial charge in [0.1, 0.15) is 6.61 Å². The second-order valence-corrected chi connectivity index (χ2v) is 10.2. The van der Waals surface area contributed by atoms with Crippen LogP contribution >= 0.6 is 0 Å². The van der Waals surface area contributed by atoms with Crippen LogP contribution in [0.3, 0.4) is 0 Å². The Morgan fingerprint density at radius 2 is 1.46 bits per heavy atom. The molecule has 1 heterocycles. The maximum Gasteiger partial charge on any atom is 0.408 e. The number of alkyl carbamates (subject to hydrolysis) is 1. The number of aliphatic hydroxyl groups is 1. The second kappa shape index (κ2) is 12.8. The first-order chi connectivity index (χ1) is 18.0. The summed E-state index contributed by atoms with van der Waals surface area (Å²) < 4.78 is 5.02. The number of hydrogen-bond donors (Lipinski definition) is 3. The van der Waals surface area contributed by atoms with Crippen molar-refractivity contribution in [3.8, 4) is 0 Å². The average Bonchev–Trinajstić information content (AvgIpc) is 3.43. The number of rotatable bonds is 9. The molecule has 1 aliphatic heterocycles. The van der Waals surface area contributed by atoms with Gasteiger partial charge in [-0.15, -0.1) is 0 Å². The zero-order valence-electron chi connectivity index (χ0n) is 21.3. The van der Waals surface area contributed by atoms with E-state index < -0.39 is 24.3 Å². The largest absolute Gasteiger partial charge is 0.445 e. The quantitative estimate of drug-likeness (QED) is 0.450. The van der Waals surface area contributed by atoms with Gasteiger partial charge in [0.25, 0.3) is 6.23 Å². The molecule has 0 radical (unpaired) electrons. The summed E-state index contributed by atoms with van der Waals surface area (Å²) in [5, 5.41) is 17.0. The third-order valence-corrected chi connectivity index (χ3v) is 7.54. The van der Waals surface area contributed by atoms with Gasteiger partial charge in [0.2, 0.25) is 0 Å². The molecule has 0 aromatic heterocycles. The van der Waals surface area contributed by atoms with Gasteiger partial charge in [0, 0.05) is 25.3 Å². The van der Waals surface area contributed by atoms with E-state index in [4.69, 9.17) is 4.74 Å². The number of nitrogens with zero attached hydrogens (tertiary/aromatic N) is 1. The summed E-state index contributed by atoms with van der Waals surface area (Å²) in [6, 6.07) is 17.8. The summed E-state index contributed by atoms with van der Waals surface area (Å²) in [5.74, 6) is -0.878. The van der Waals surface area contributed by atoms with E-state index in [9.17, 15) is 19.5 Å². The predicted molar refractivity (Wildman–Crippen MR) is 139 cm³/mol. The van der Waals surface area contributed by atoms with Crippen LogP contribution in [0.4, 0.5) is 4.79 Å². The monoisotopic (exact) mass is 508 g/mol. The van der Waals surface area contributed by atoms with Gasteiger partial charge >= 0.3 is 17.9 Å². The Morgan fingerprint density at radius 3 is 2.08 bits per heavy atom. The van der Waals surface area contributed by atoms with Crippen molar-refractivity contribution < 1.29 is 28.7 Å². The molecule has 0 spiro atoms. The van der Waals surface area contributed by atoms with E-state index in [2.05, 4.69) is 10.6 Å². The predicted octanol–water partition coefficient (Wildman–Crippen LogP) is 3.43. The van der Waals surface area contributed by atoms with Gasteiger partial charge in [0.05, 0.1) is 13.1 Å². The number of hydrogen-bond acceptors (Lipinski definition) is 5. The van der Waals surface area contributed by atoms with Crippen LogP contribution in [0.1, 0.15) is 56.1 Å². The van der Waals surface area contributed by atoms with Crippen molar-refractivity contribution >= 4 is 17.9 Å². The lowest BCUT2D eigenvalue weighted by atomic mass is 9.95. The summed E-state index contributed by atoms with van der Waals surface area (Å²) in [6.07, 6.45) is 4.47. The highest BCUT2D eigenvalue weighted by Gasteiger charge is 2.52. The van der Waals surface area contributed by atoms with Crippen molar-refractivity contribution in [1.82, 2.24) is 10.6 Å². The zero-order chi connectivity index (χ0) is 26.1. The van der Waals surface area contributed by atoms with Crippen LogP contribution < -0.4 is 10.6 Å². The molecular formula is C29H38N3O5+. The Labute approximate surface area is 218 Å². The summed E-state index contributed by atoms with van der Waals surface area (Å²) in [4.78, 5) is 40.0. The molecule has 0 bridgehead atoms. The molecule has 8 nitrogen and oxygen atoms in total.